The van der Waals surface area contributed by atoms with Gasteiger partial charge in [0.1, 0.15) is 17.7 Å². The number of fused-ring (bicyclic) bond motifs is 1. The summed E-state index contributed by atoms with van der Waals surface area (Å²) in [5.41, 5.74) is 4.69. The molecule has 2 aromatic carbocycles. The molecule has 1 atom stereocenters. The van der Waals surface area contributed by atoms with Crippen molar-refractivity contribution in [1.82, 2.24) is 14.9 Å². The van der Waals surface area contributed by atoms with Crippen LogP contribution in [0.15, 0.2) is 42.5 Å². The Kier molecular flexibility index (Phi) is 9.18. The van der Waals surface area contributed by atoms with Crippen LogP contribution in [0.2, 0.25) is 0 Å². The van der Waals surface area contributed by atoms with Gasteiger partial charge in [0.2, 0.25) is 5.91 Å². The fourth-order valence-electron chi connectivity index (χ4n) is 4.68. The van der Waals surface area contributed by atoms with E-state index >= 15 is 0 Å². The zero-order chi connectivity index (χ0) is 24.5. The van der Waals surface area contributed by atoms with E-state index in [4.69, 9.17) is 14.5 Å². The van der Waals surface area contributed by atoms with E-state index < -0.39 is 0 Å². The Morgan fingerprint density at radius 1 is 1.11 bits per heavy atom. The predicted molar refractivity (Wildman–Crippen MR) is 140 cm³/mol. The van der Waals surface area contributed by atoms with Crippen molar-refractivity contribution in [2.24, 2.45) is 0 Å². The van der Waals surface area contributed by atoms with Crippen molar-refractivity contribution in [2.45, 2.75) is 77.9 Å². The lowest BCUT2D eigenvalue weighted by Gasteiger charge is -2.12. The molecule has 2 heterocycles. The first kappa shape index (κ1) is 25.2. The van der Waals surface area contributed by atoms with Crippen molar-refractivity contribution in [2.75, 3.05) is 19.8 Å². The molecule has 188 valence electrons. The molecule has 0 saturated carbocycles. The summed E-state index contributed by atoms with van der Waals surface area (Å²) in [6.45, 7) is 7.29. The molecule has 0 spiro atoms. The van der Waals surface area contributed by atoms with Gasteiger partial charge in [0.25, 0.3) is 0 Å². The number of carbonyl (C=O) groups excluding carboxylic acids is 1. The van der Waals surface area contributed by atoms with Gasteiger partial charge in [-0.15, -0.1) is 0 Å². The lowest BCUT2D eigenvalue weighted by atomic mass is 10.1. The monoisotopic (exact) mass is 477 g/mol. The van der Waals surface area contributed by atoms with Crippen molar-refractivity contribution in [1.29, 1.82) is 0 Å². The number of carbonyl (C=O) groups is 1. The zero-order valence-corrected chi connectivity index (χ0v) is 21.2. The Bertz CT molecular complexity index is 1100. The van der Waals surface area contributed by atoms with Crippen molar-refractivity contribution < 1.29 is 14.3 Å². The number of hydrogen-bond donors (Lipinski definition) is 1. The quantitative estimate of drug-likeness (QED) is 0.329. The minimum absolute atomic E-state index is 0.0471. The van der Waals surface area contributed by atoms with Gasteiger partial charge in [-0.2, -0.15) is 0 Å². The number of aryl methyl sites for hydroxylation is 4. The maximum absolute atomic E-state index is 12.0. The maximum Gasteiger partial charge on any atom is 0.249 e. The van der Waals surface area contributed by atoms with Crippen LogP contribution < -0.4 is 10.1 Å². The molecule has 1 N–H and O–H groups in total. The predicted octanol–water partition coefficient (Wildman–Crippen LogP) is 5.52. The topological polar surface area (TPSA) is 65.4 Å². The largest absolute Gasteiger partial charge is 0.493 e. The van der Waals surface area contributed by atoms with Crippen LogP contribution in [0, 0.1) is 13.8 Å². The third-order valence-corrected chi connectivity index (χ3v) is 6.71. The van der Waals surface area contributed by atoms with Crippen LogP contribution in [0.5, 0.6) is 5.75 Å². The van der Waals surface area contributed by atoms with E-state index in [1.165, 1.54) is 16.6 Å². The number of hydrogen-bond acceptors (Lipinski definition) is 4. The van der Waals surface area contributed by atoms with Crippen molar-refractivity contribution in [3.63, 3.8) is 0 Å². The fourth-order valence-corrected chi connectivity index (χ4v) is 4.68. The lowest BCUT2D eigenvalue weighted by Crippen LogP contribution is -2.34. The summed E-state index contributed by atoms with van der Waals surface area (Å²) in [5.74, 6) is 2.20. The molecule has 1 saturated heterocycles. The number of aromatic nitrogens is 2. The van der Waals surface area contributed by atoms with Crippen molar-refractivity contribution in [3.8, 4) is 5.75 Å². The maximum atomic E-state index is 12.0. The molecule has 1 aliphatic rings. The minimum atomic E-state index is -0.235. The SMILES string of the molecule is Cc1ccc(C)c(OCCCCn2c(CCCCCNC(=O)C3CCCO3)nc3ccccc32)c1. The van der Waals surface area contributed by atoms with Crippen molar-refractivity contribution >= 4 is 16.9 Å². The second kappa shape index (κ2) is 12.7. The van der Waals surface area contributed by atoms with Gasteiger partial charge in [-0.3, -0.25) is 4.79 Å². The zero-order valence-electron chi connectivity index (χ0n) is 21.2. The number of ether oxygens (including phenoxy) is 2. The number of nitrogens with zero attached hydrogens (tertiary/aromatic N) is 2. The molecule has 1 fully saturated rings. The van der Waals surface area contributed by atoms with Gasteiger partial charge in [-0.1, -0.05) is 30.7 Å². The Labute approximate surface area is 209 Å². The highest BCUT2D eigenvalue weighted by Crippen LogP contribution is 2.21. The minimum Gasteiger partial charge on any atom is -0.493 e. The normalized spacial score (nSPS) is 15.5. The molecule has 1 aromatic heterocycles. The van der Waals surface area contributed by atoms with E-state index in [1.54, 1.807) is 0 Å². The Hall–Kier alpha value is -2.86. The fraction of sp³-hybridized carbons (Fsp3) is 0.517. The third kappa shape index (κ3) is 7.07. The molecule has 6 heteroatoms. The summed E-state index contributed by atoms with van der Waals surface area (Å²) in [7, 11) is 0. The highest BCUT2D eigenvalue weighted by atomic mass is 16.5. The standard InChI is InChI=1S/C29H39N3O3/c1-22-15-16-23(2)27(21-22)35-19-9-8-18-32-25-12-6-5-11-24(25)31-28(32)14-4-3-7-17-30-29(33)26-13-10-20-34-26/h5-6,11-12,15-16,21,26H,3-4,7-10,13-14,17-20H2,1-2H3,(H,30,33). The average molecular weight is 478 g/mol. The van der Waals surface area contributed by atoms with Crippen molar-refractivity contribution in [3.05, 3.63) is 59.4 Å². The van der Waals surface area contributed by atoms with E-state index in [1.807, 2.05) is 0 Å². The summed E-state index contributed by atoms with van der Waals surface area (Å²) in [5, 5.41) is 3.02. The number of amides is 1. The van der Waals surface area contributed by atoms with Gasteiger partial charge in [0.05, 0.1) is 17.6 Å². The van der Waals surface area contributed by atoms with E-state index in [0.717, 1.165) is 88.2 Å². The Morgan fingerprint density at radius 3 is 2.86 bits per heavy atom. The summed E-state index contributed by atoms with van der Waals surface area (Å²) >= 11 is 0. The summed E-state index contributed by atoms with van der Waals surface area (Å²) < 4.78 is 13.9. The van der Waals surface area contributed by atoms with Gasteiger partial charge >= 0.3 is 0 Å². The van der Waals surface area contributed by atoms with Crippen LogP contribution in [0.1, 0.15) is 61.9 Å². The Morgan fingerprint density at radius 2 is 2.00 bits per heavy atom. The molecule has 3 aromatic rings. The first-order chi connectivity index (χ1) is 17.1. The smallest absolute Gasteiger partial charge is 0.249 e. The summed E-state index contributed by atoms with van der Waals surface area (Å²) in [6.07, 6.45) is 7.71. The number of unbranched alkanes of at least 4 members (excludes halogenated alkanes) is 3. The van der Waals surface area contributed by atoms with Crippen LogP contribution in [0.25, 0.3) is 11.0 Å². The van der Waals surface area contributed by atoms with Gasteiger partial charge in [-0.25, -0.2) is 4.98 Å². The number of nitrogens with one attached hydrogen (secondary N) is 1. The number of benzene rings is 2. The number of para-hydroxylation sites is 2. The molecular weight excluding hydrogens is 438 g/mol. The molecular formula is C29H39N3O3. The molecule has 35 heavy (non-hydrogen) atoms. The highest BCUT2D eigenvalue weighted by Gasteiger charge is 2.22. The first-order valence-electron chi connectivity index (χ1n) is 13.2. The van der Waals surface area contributed by atoms with E-state index in [9.17, 15) is 4.79 Å². The van der Waals surface area contributed by atoms with Gasteiger partial charge in [-0.05, 0) is 81.7 Å². The highest BCUT2D eigenvalue weighted by molar-refractivity contribution is 5.80. The van der Waals surface area contributed by atoms with Gasteiger partial charge in [0, 0.05) is 26.1 Å². The van der Waals surface area contributed by atoms with E-state index in [-0.39, 0.29) is 12.0 Å². The Balaban J connectivity index is 1.22. The lowest BCUT2D eigenvalue weighted by molar-refractivity contribution is -0.130. The molecule has 1 amide bonds. The van der Waals surface area contributed by atoms with Crippen LogP contribution in [0.3, 0.4) is 0 Å². The van der Waals surface area contributed by atoms with E-state index in [2.05, 4.69) is 66.2 Å². The molecule has 0 aliphatic carbocycles. The van der Waals surface area contributed by atoms with Crippen LogP contribution in [0.4, 0.5) is 0 Å². The second-order valence-corrected chi connectivity index (χ2v) is 9.60. The van der Waals surface area contributed by atoms with Crippen LogP contribution in [-0.4, -0.2) is 41.3 Å². The molecule has 6 nitrogen and oxygen atoms in total. The number of rotatable bonds is 13. The van der Waals surface area contributed by atoms with Gasteiger partial charge in [0.15, 0.2) is 0 Å². The van der Waals surface area contributed by atoms with Gasteiger partial charge < -0.3 is 19.4 Å². The third-order valence-electron chi connectivity index (χ3n) is 6.71. The number of imidazole rings is 1. The first-order valence-corrected chi connectivity index (χ1v) is 13.2. The molecule has 0 bridgehead atoms. The van der Waals surface area contributed by atoms with Crippen LogP contribution in [-0.2, 0) is 22.5 Å². The summed E-state index contributed by atoms with van der Waals surface area (Å²) in [4.78, 5) is 17.0. The molecule has 4 rings (SSSR count). The molecule has 1 aliphatic heterocycles. The summed E-state index contributed by atoms with van der Waals surface area (Å²) in [6, 6.07) is 14.8. The average Bonchev–Trinajstić information content (AvgIpc) is 3.52. The second-order valence-electron chi connectivity index (χ2n) is 9.60. The molecule has 1 unspecified atom stereocenters. The van der Waals surface area contributed by atoms with Crippen LogP contribution >= 0.6 is 0 Å². The molecule has 0 radical (unpaired) electrons. The van der Waals surface area contributed by atoms with E-state index in [0.29, 0.717) is 6.61 Å².